The molecule has 1 saturated heterocycles. The number of halogens is 1. The molecule has 3 N–H and O–H groups in total. The standard InChI is InChI=1S/C17H24BrN3O2.C8H11BO2/c1-14(22)21-12-10-20(11-13-21)9-3-2-8-19-17(23)15-4-6-16(18)7-5-15;1-2-7-5-3-4-6-8(7)9(10)11/h4-7H,2-3,8-13H2,1H3,(H,19,23);3-6,10-11H,2H2,1H3. The van der Waals surface area contributed by atoms with Crippen LogP contribution in [0.5, 0.6) is 0 Å². The van der Waals surface area contributed by atoms with Crippen LogP contribution >= 0.6 is 15.9 Å². The van der Waals surface area contributed by atoms with Gasteiger partial charge in [-0.15, -0.1) is 0 Å². The van der Waals surface area contributed by atoms with E-state index in [0.29, 0.717) is 17.6 Å². The van der Waals surface area contributed by atoms with Crippen LogP contribution in [-0.2, 0) is 11.2 Å². The van der Waals surface area contributed by atoms with Crippen molar-refractivity contribution in [1.29, 1.82) is 0 Å². The van der Waals surface area contributed by atoms with Gasteiger partial charge in [0.25, 0.3) is 5.91 Å². The molecule has 0 saturated carbocycles. The highest BCUT2D eigenvalue weighted by atomic mass is 79.9. The van der Waals surface area contributed by atoms with Crippen molar-refractivity contribution in [1.82, 2.24) is 15.1 Å². The third kappa shape index (κ3) is 9.58. The van der Waals surface area contributed by atoms with Crippen molar-refractivity contribution >= 4 is 40.3 Å². The fourth-order valence-electron chi connectivity index (χ4n) is 3.76. The van der Waals surface area contributed by atoms with Gasteiger partial charge in [-0.2, -0.15) is 0 Å². The summed E-state index contributed by atoms with van der Waals surface area (Å²) in [7, 11) is -1.34. The van der Waals surface area contributed by atoms with Crippen LogP contribution in [0.25, 0.3) is 0 Å². The molecule has 0 aliphatic carbocycles. The van der Waals surface area contributed by atoms with E-state index in [9.17, 15) is 9.59 Å². The summed E-state index contributed by atoms with van der Waals surface area (Å²) in [6.45, 7) is 8.90. The normalized spacial score (nSPS) is 13.6. The molecular formula is C25H35BBrN3O4. The van der Waals surface area contributed by atoms with Crippen molar-refractivity contribution < 1.29 is 19.6 Å². The number of carbonyl (C=O) groups excluding carboxylic acids is 2. The zero-order chi connectivity index (χ0) is 24.9. The van der Waals surface area contributed by atoms with Crippen LogP contribution in [-0.4, -0.2) is 78.0 Å². The zero-order valence-corrected chi connectivity index (χ0v) is 21.6. The Kier molecular flexibility index (Phi) is 12.3. The van der Waals surface area contributed by atoms with Gasteiger partial charge >= 0.3 is 7.12 Å². The van der Waals surface area contributed by atoms with Crippen molar-refractivity contribution in [2.75, 3.05) is 39.3 Å². The van der Waals surface area contributed by atoms with Crippen molar-refractivity contribution in [3.8, 4) is 0 Å². The van der Waals surface area contributed by atoms with Crippen molar-refractivity contribution in [2.45, 2.75) is 33.1 Å². The Bertz CT molecular complexity index is 903. The van der Waals surface area contributed by atoms with Gasteiger partial charge in [0.15, 0.2) is 0 Å². The number of carbonyl (C=O) groups is 2. The van der Waals surface area contributed by atoms with Crippen LogP contribution in [0.2, 0.25) is 0 Å². The summed E-state index contributed by atoms with van der Waals surface area (Å²) in [6, 6.07) is 14.7. The Morgan fingerprint density at radius 2 is 1.65 bits per heavy atom. The second-order valence-corrected chi connectivity index (χ2v) is 9.16. The highest BCUT2D eigenvalue weighted by molar-refractivity contribution is 9.10. The number of rotatable bonds is 8. The lowest BCUT2D eigenvalue weighted by Crippen LogP contribution is -2.48. The van der Waals surface area contributed by atoms with Crippen LogP contribution in [0.4, 0.5) is 0 Å². The smallest absolute Gasteiger partial charge is 0.423 e. The lowest BCUT2D eigenvalue weighted by atomic mass is 9.76. The Labute approximate surface area is 211 Å². The Hall–Kier alpha value is -2.20. The minimum atomic E-state index is -1.34. The van der Waals surface area contributed by atoms with E-state index in [1.807, 2.05) is 48.2 Å². The number of amides is 2. The van der Waals surface area contributed by atoms with E-state index in [2.05, 4.69) is 26.1 Å². The third-order valence-corrected chi connectivity index (χ3v) is 6.35. The summed E-state index contributed by atoms with van der Waals surface area (Å²) in [5.41, 5.74) is 2.28. The fourth-order valence-corrected chi connectivity index (χ4v) is 4.02. The van der Waals surface area contributed by atoms with Gasteiger partial charge in [0.1, 0.15) is 0 Å². The molecule has 2 amide bonds. The summed E-state index contributed by atoms with van der Waals surface area (Å²) in [4.78, 5) is 27.5. The monoisotopic (exact) mass is 531 g/mol. The Balaban J connectivity index is 0.000000310. The summed E-state index contributed by atoms with van der Waals surface area (Å²) >= 11 is 3.36. The molecule has 0 aromatic heterocycles. The molecular weight excluding hydrogens is 497 g/mol. The summed E-state index contributed by atoms with van der Waals surface area (Å²) in [6.07, 6.45) is 2.85. The Morgan fingerprint density at radius 3 is 2.21 bits per heavy atom. The average Bonchev–Trinajstić information content (AvgIpc) is 2.84. The van der Waals surface area contributed by atoms with Gasteiger partial charge in [0.2, 0.25) is 5.91 Å². The third-order valence-electron chi connectivity index (χ3n) is 5.82. The fraction of sp³-hybridized carbons (Fsp3) is 0.440. The number of aryl methyl sites for hydroxylation is 1. The first kappa shape index (κ1) is 28.0. The molecule has 34 heavy (non-hydrogen) atoms. The van der Waals surface area contributed by atoms with Gasteiger partial charge < -0.3 is 20.3 Å². The molecule has 0 bridgehead atoms. The zero-order valence-electron chi connectivity index (χ0n) is 20.0. The predicted molar refractivity (Wildman–Crippen MR) is 140 cm³/mol. The van der Waals surface area contributed by atoms with E-state index < -0.39 is 7.12 Å². The van der Waals surface area contributed by atoms with Gasteiger partial charge in [-0.05, 0) is 61.1 Å². The summed E-state index contributed by atoms with van der Waals surface area (Å²) < 4.78 is 0.971. The van der Waals surface area contributed by atoms with E-state index in [4.69, 9.17) is 10.0 Å². The van der Waals surface area contributed by atoms with Gasteiger partial charge in [-0.3, -0.25) is 14.5 Å². The lowest BCUT2D eigenvalue weighted by Gasteiger charge is -2.34. The van der Waals surface area contributed by atoms with Crippen LogP contribution in [0.1, 0.15) is 42.6 Å². The van der Waals surface area contributed by atoms with E-state index >= 15 is 0 Å². The van der Waals surface area contributed by atoms with Crippen LogP contribution < -0.4 is 10.8 Å². The first-order chi connectivity index (χ1) is 16.3. The van der Waals surface area contributed by atoms with E-state index in [-0.39, 0.29) is 11.8 Å². The SMILES string of the molecule is CC(=O)N1CCN(CCCCNC(=O)c2ccc(Br)cc2)CC1.CCc1ccccc1B(O)O. The van der Waals surface area contributed by atoms with Crippen molar-refractivity contribution in [3.05, 3.63) is 64.1 Å². The molecule has 3 rings (SSSR count). The highest BCUT2D eigenvalue weighted by Gasteiger charge is 2.17. The van der Waals surface area contributed by atoms with Crippen LogP contribution in [0.3, 0.4) is 0 Å². The van der Waals surface area contributed by atoms with Crippen LogP contribution in [0, 0.1) is 0 Å². The molecule has 7 nitrogen and oxygen atoms in total. The minimum Gasteiger partial charge on any atom is -0.423 e. The first-order valence-corrected chi connectivity index (χ1v) is 12.6. The molecule has 2 aromatic rings. The van der Waals surface area contributed by atoms with Crippen molar-refractivity contribution in [3.63, 3.8) is 0 Å². The second kappa shape index (κ2) is 14.9. The quantitative estimate of drug-likeness (QED) is 0.358. The molecule has 1 heterocycles. The molecule has 0 radical (unpaired) electrons. The summed E-state index contributed by atoms with van der Waals surface area (Å²) in [5, 5.41) is 20.7. The van der Waals surface area contributed by atoms with Gasteiger partial charge in [-0.25, -0.2) is 0 Å². The number of unbranched alkanes of at least 4 members (excludes halogenated alkanes) is 1. The molecule has 1 aliphatic heterocycles. The minimum absolute atomic E-state index is 0.0208. The largest absolute Gasteiger partial charge is 0.488 e. The van der Waals surface area contributed by atoms with E-state index in [0.717, 1.165) is 62.0 Å². The maximum Gasteiger partial charge on any atom is 0.488 e. The highest BCUT2D eigenvalue weighted by Crippen LogP contribution is 2.10. The Morgan fingerprint density at radius 1 is 1.00 bits per heavy atom. The predicted octanol–water partition coefficient (Wildman–Crippen LogP) is 2.05. The maximum absolute atomic E-state index is 11.9. The van der Waals surface area contributed by atoms with Gasteiger partial charge in [0, 0.05) is 49.7 Å². The molecule has 0 atom stereocenters. The summed E-state index contributed by atoms with van der Waals surface area (Å²) in [5.74, 6) is 0.146. The number of hydrogen-bond donors (Lipinski definition) is 3. The number of benzene rings is 2. The molecule has 184 valence electrons. The van der Waals surface area contributed by atoms with Gasteiger partial charge in [-0.1, -0.05) is 47.1 Å². The topological polar surface area (TPSA) is 93.1 Å². The molecule has 1 fully saturated rings. The average molecular weight is 532 g/mol. The molecule has 2 aromatic carbocycles. The number of nitrogens with zero attached hydrogens (tertiary/aromatic N) is 2. The van der Waals surface area contributed by atoms with E-state index in [1.54, 1.807) is 19.1 Å². The molecule has 0 unspecified atom stereocenters. The van der Waals surface area contributed by atoms with Crippen molar-refractivity contribution in [2.24, 2.45) is 0 Å². The van der Waals surface area contributed by atoms with Gasteiger partial charge in [0.05, 0.1) is 0 Å². The first-order valence-electron chi connectivity index (χ1n) is 11.8. The maximum atomic E-state index is 11.9. The lowest BCUT2D eigenvalue weighted by molar-refractivity contribution is -0.130. The second-order valence-electron chi connectivity index (χ2n) is 8.24. The van der Waals surface area contributed by atoms with Crippen LogP contribution in [0.15, 0.2) is 53.0 Å². The molecule has 0 spiro atoms. The number of piperazine rings is 1. The number of nitrogens with one attached hydrogen (secondary N) is 1. The number of hydrogen-bond acceptors (Lipinski definition) is 5. The van der Waals surface area contributed by atoms with E-state index in [1.165, 1.54) is 0 Å². The molecule has 1 aliphatic rings. The molecule has 9 heteroatoms.